The highest BCUT2D eigenvalue weighted by Gasteiger charge is 2.30. The summed E-state index contributed by atoms with van der Waals surface area (Å²) in [7, 11) is 0. The normalized spacial score (nSPS) is 14.9. The van der Waals surface area contributed by atoms with E-state index in [0.29, 0.717) is 17.1 Å². The zero-order valence-corrected chi connectivity index (χ0v) is 17.9. The van der Waals surface area contributed by atoms with Gasteiger partial charge in [-0.05, 0) is 44.5 Å². The number of alkyl halides is 3. The third kappa shape index (κ3) is 7.19. The molecule has 4 N–H and O–H groups in total. The predicted octanol–water partition coefficient (Wildman–Crippen LogP) is 2.96. The van der Waals surface area contributed by atoms with Gasteiger partial charge in [0.2, 0.25) is 11.8 Å². The molecule has 1 atom stereocenters. The fourth-order valence-electron chi connectivity index (χ4n) is 2.60. The predicted molar refractivity (Wildman–Crippen MR) is 108 cm³/mol. The maximum atomic E-state index is 12.6. The molecule has 1 aliphatic rings. The third-order valence-electron chi connectivity index (χ3n) is 4.25. The van der Waals surface area contributed by atoms with Gasteiger partial charge in [0.1, 0.15) is 11.5 Å². The van der Waals surface area contributed by atoms with Crippen molar-refractivity contribution in [2.45, 2.75) is 46.8 Å². The Morgan fingerprint density at radius 3 is 2.42 bits per heavy atom. The summed E-state index contributed by atoms with van der Waals surface area (Å²) in [6.07, 6.45) is -3.09. The summed E-state index contributed by atoms with van der Waals surface area (Å²) in [5.74, 6) is -0.583. The third-order valence-corrected chi connectivity index (χ3v) is 4.25. The summed E-state index contributed by atoms with van der Waals surface area (Å²) < 4.78 is 41.6. The van der Waals surface area contributed by atoms with E-state index in [-0.39, 0.29) is 23.4 Å². The number of anilines is 1. The first-order chi connectivity index (χ1) is 14.4. The van der Waals surface area contributed by atoms with Gasteiger partial charge in [0.15, 0.2) is 6.61 Å². The van der Waals surface area contributed by atoms with E-state index in [0.717, 1.165) is 5.56 Å². The van der Waals surface area contributed by atoms with Gasteiger partial charge in [-0.25, -0.2) is 4.98 Å². The molecule has 0 saturated heterocycles. The average molecular weight is 441 g/mol. The Kier molecular flexibility index (Phi) is 7.53. The minimum absolute atomic E-state index is 0.114. The molecule has 2 rings (SSSR count). The number of allylic oxidation sites excluding steroid dienone is 2. The minimum atomic E-state index is -4.47. The van der Waals surface area contributed by atoms with E-state index in [4.69, 9.17) is 0 Å². The second-order valence-corrected chi connectivity index (χ2v) is 7.49. The van der Waals surface area contributed by atoms with Crippen molar-refractivity contribution in [1.82, 2.24) is 21.2 Å². The number of aryl methyl sites for hydroxylation is 1. The van der Waals surface area contributed by atoms with Crippen LogP contribution in [0.2, 0.25) is 0 Å². The van der Waals surface area contributed by atoms with Crippen LogP contribution in [0.25, 0.3) is 0 Å². The number of nitrogens with zero attached hydrogens (tertiary/aromatic N) is 1. The monoisotopic (exact) mass is 441 g/mol. The first-order valence-electron chi connectivity index (χ1n) is 9.60. The Hall–Kier alpha value is -3.24. The van der Waals surface area contributed by atoms with E-state index in [2.05, 4.69) is 31.2 Å². The number of rotatable bonds is 7. The minimum Gasteiger partial charge on any atom is -0.468 e. The van der Waals surface area contributed by atoms with Gasteiger partial charge >= 0.3 is 6.18 Å². The number of hydrogen-bond donors (Lipinski definition) is 4. The van der Waals surface area contributed by atoms with Crippen LogP contribution in [-0.4, -0.2) is 29.6 Å². The highest BCUT2D eigenvalue weighted by Crippen LogP contribution is 2.20. The lowest BCUT2D eigenvalue weighted by atomic mass is 10.1. The number of pyridine rings is 1. The van der Waals surface area contributed by atoms with Crippen LogP contribution in [0, 0.1) is 12.8 Å². The molecule has 11 heteroatoms. The molecule has 0 saturated carbocycles. The lowest BCUT2D eigenvalue weighted by Gasteiger charge is -2.23. The average Bonchev–Trinajstić information content (AvgIpc) is 2.65. The lowest BCUT2D eigenvalue weighted by Crippen LogP contribution is -2.42. The summed E-state index contributed by atoms with van der Waals surface area (Å²) in [5.41, 5.74) is 6.83. The smallest absolute Gasteiger partial charge is 0.422 e. The second-order valence-electron chi connectivity index (χ2n) is 7.49. The molecule has 31 heavy (non-hydrogen) atoms. The maximum Gasteiger partial charge on any atom is 0.422 e. The number of carbonyl (C=O) groups is 2. The van der Waals surface area contributed by atoms with E-state index in [9.17, 15) is 22.8 Å². The first-order valence-corrected chi connectivity index (χ1v) is 9.60. The summed E-state index contributed by atoms with van der Waals surface area (Å²) in [6.45, 7) is 7.14. The number of hydrazine groups is 1. The molecule has 1 aromatic rings. The van der Waals surface area contributed by atoms with Crippen LogP contribution < -0.4 is 21.5 Å². The lowest BCUT2D eigenvalue weighted by molar-refractivity contribution is -0.166. The standard InChI is InChI=1S/C20H26F3N5O3/c1-10(2)17(29)26-16-8-14(7-12(4)24-16)13(5)25-18(30)15-6-11(3)19(28-27-15)31-9-20(21,22)23/h6-8,10,13,27-28H,9H2,1-5H3,(H,25,30)(H,24,26,29). The van der Waals surface area contributed by atoms with Crippen LogP contribution in [0.1, 0.15) is 45.0 Å². The van der Waals surface area contributed by atoms with Gasteiger partial charge in [-0.15, -0.1) is 0 Å². The molecule has 0 aliphatic carbocycles. The molecule has 0 radical (unpaired) electrons. The van der Waals surface area contributed by atoms with Gasteiger partial charge in [-0.1, -0.05) is 13.8 Å². The van der Waals surface area contributed by atoms with Crippen molar-refractivity contribution < 1.29 is 27.5 Å². The number of halogens is 3. The highest BCUT2D eigenvalue weighted by molar-refractivity contribution is 5.94. The van der Waals surface area contributed by atoms with Crippen LogP contribution in [0.5, 0.6) is 0 Å². The zero-order valence-electron chi connectivity index (χ0n) is 17.9. The maximum absolute atomic E-state index is 12.6. The molecule has 0 bridgehead atoms. The number of ether oxygens (including phenoxy) is 1. The molecule has 1 aliphatic heterocycles. The molecule has 2 amide bonds. The van der Waals surface area contributed by atoms with E-state index < -0.39 is 24.7 Å². The Labute approximate surface area is 178 Å². The molecular weight excluding hydrogens is 415 g/mol. The Morgan fingerprint density at radius 1 is 1.16 bits per heavy atom. The number of hydrogen-bond acceptors (Lipinski definition) is 6. The van der Waals surface area contributed by atoms with E-state index in [1.54, 1.807) is 39.8 Å². The number of carbonyl (C=O) groups excluding carboxylic acids is 2. The van der Waals surface area contributed by atoms with Crippen LogP contribution in [0.3, 0.4) is 0 Å². The number of amides is 2. The van der Waals surface area contributed by atoms with E-state index >= 15 is 0 Å². The molecule has 0 fully saturated rings. The van der Waals surface area contributed by atoms with Crippen LogP contribution in [0.15, 0.2) is 35.4 Å². The van der Waals surface area contributed by atoms with Gasteiger partial charge in [0.25, 0.3) is 5.91 Å². The van der Waals surface area contributed by atoms with Crippen molar-refractivity contribution in [1.29, 1.82) is 0 Å². The molecule has 1 unspecified atom stereocenters. The van der Waals surface area contributed by atoms with Crippen molar-refractivity contribution in [3.63, 3.8) is 0 Å². The van der Waals surface area contributed by atoms with Gasteiger partial charge in [0.05, 0.1) is 6.04 Å². The molecular formula is C20H26F3N5O3. The topological polar surface area (TPSA) is 104 Å². The number of nitrogens with one attached hydrogen (secondary N) is 4. The molecule has 2 heterocycles. The fraction of sp³-hybridized carbons (Fsp3) is 0.450. The van der Waals surface area contributed by atoms with E-state index in [1.807, 2.05) is 0 Å². The molecule has 0 spiro atoms. The van der Waals surface area contributed by atoms with Crippen molar-refractivity contribution in [2.75, 3.05) is 11.9 Å². The molecule has 0 aromatic carbocycles. The summed E-state index contributed by atoms with van der Waals surface area (Å²) in [4.78, 5) is 28.8. The van der Waals surface area contributed by atoms with Gasteiger partial charge < -0.3 is 15.4 Å². The largest absolute Gasteiger partial charge is 0.468 e. The van der Waals surface area contributed by atoms with Crippen molar-refractivity contribution >= 4 is 17.6 Å². The molecule has 8 nitrogen and oxygen atoms in total. The van der Waals surface area contributed by atoms with Gasteiger partial charge in [-0.3, -0.25) is 20.4 Å². The van der Waals surface area contributed by atoms with Crippen LogP contribution in [-0.2, 0) is 14.3 Å². The SMILES string of the molecule is CC1=C(OCC(F)(F)F)NNC(C(=O)NC(C)c2cc(C)nc(NC(=O)C(C)C)c2)=C1. The van der Waals surface area contributed by atoms with Gasteiger partial charge in [-0.2, -0.15) is 13.2 Å². The molecule has 1 aromatic heterocycles. The van der Waals surface area contributed by atoms with Crippen LogP contribution >= 0.6 is 0 Å². The first kappa shape index (κ1) is 24.0. The van der Waals surface area contributed by atoms with Crippen molar-refractivity contribution in [3.8, 4) is 0 Å². The van der Waals surface area contributed by atoms with Gasteiger partial charge in [0, 0.05) is 17.2 Å². The highest BCUT2D eigenvalue weighted by atomic mass is 19.4. The second kappa shape index (κ2) is 9.71. The summed E-state index contributed by atoms with van der Waals surface area (Å²) in [6, 6.07) is 3.03. The Balaban J connectivity index is 2.08. The number of aromatic nitrogens is 1. The summed E-state index contributed by atoms with van der Waals surface area (Å²) >= 11 is 0. The Morgan fingerprint density at radius 2 is 1.84 bits per heavy atom. The summed E-state index contributed by atoms with van der Waals surface area (Å²) in [5, 5.41) is 5.53. The van der Waals surface area contributed by atoms with Crippen molar-refractivity contribution in [3.05, 3.63) is 46.6 Å². The fourth-order valence-corrected chi connectivity index (χ4v) is 2.60. The van der Waals surface area contributed by atoms with Crippen LogP contribution in [0.4, 0.5) is 19.0 Å². The molecule has 170 valence electrons. The quantitative estimate of drug-likeness (QED) is 0.519. The van der Waals surface area contributed by atoms with E-state index in [1.165, 1.54) is 13.0 Å². The zero-order chi connectivity index (χ0) is 23.3. The Bertz CT molecular complexity index is 910. The van der Waals surface area contributed by atoms with Crippen molar-refractivity contribution in [2.24, 2.45) is 5.92 Å².